The maximum absolute atomic E-state index is 6.34. The van der Waals surface area contributed by atoms with Crippen LogP contribution < -0.4 is 0 Å². The van der Waals surface area contributed by atoms with E-state index in [2.05, 4.69) is 57.0 Å². The van der Waals surface area contributed by atoms with Crippen molar-refractivity contribution in [2.45, 2.75) is 30.4 Å². The van der Waals surface area contributed by atoms with Crippen molar-refractivity contribution in [2.75, 3.05) is 6.54 Å². The number of nitrogens with zero attached hydrogens (tertiary/aromatic N) is 1. The largest absolute Gasteiger partial charge is 0.322 e. The summed E-state index contributed by atoms with van der Waals surface area (Å²) < 4.78 is 8.98. The smallest absolute Gasteiger partial charge is 0.174 e. The first kappa shape index (κ1) is 10.2. The summed E-state index contributed by atoms with van der Waals surface area (Å²) in [7, 11) is 0. The van der Waals surface area contributed by atoms with E-state index in [1.807, 2.05) is 0 Å². The molecule has 0 amide bonds. The first-order valence-corrected chi connectivity index (χ1v) is 9.76. The number of hydrogen-bond acceptors (Lipinski definition) is 2. The highest BCUT2D eigenvalue weighted by molar-refractivity contribution is 14.2. The molecule has 0 bridgehead atoms. The molecular weight excluding hydrogens is 332 g/mol. The van der Waals surface area contributed by atoms with Gasteiger partial charge in [0.05, 0.1) is 5.54 Å². The molecule has 0 radical (unpaired) electrons. The minimum Gasteiger partial charge on any atom is -0.322 e. The highest BCUT2D eigenvalue weighted by Crippen LogP contribution is 2.82. The molecule has 1 saturated carbocycles. The van der Waals surface area contributed by atoms with Crippen molar-refractivity contribution in [3.63, 3.8) is 0 Å². The molecule has 1 aromatic carbocycles. The van der Waals surface area contributed by atoms with Crippen molar-refractivity contribution in [1.82, 2.24) is 4.67 Å². The van der Waals surface area contributed by atoms with Crippen LogP contribution in [0.25, 0.3) is 0 Å². The van der Waals surface area contributed by atoms with Gasteiger partial charge >= 0.3 is 0 Å². The lowest BCUT2D eigenvalue weighted by Crippen LogP contribution is -2.26. The van der Waals surface area contributed by atoms with Gasteiger partial charge in [0, 0.05) is 13.0 Å². The normalized spacial score (nSPS) is 45.4. The molecule has 3 atom stereocenters. The minimum atomic E-state index is -0.373. The molecule has 1 spiro atoms. The summed E-state index contributed by atoms with van der Waals surface area (Å²) in [5.41, 5.74) is 1.82. The molecule has 2 nitrogen and oxygen atoms in total. The Balaban J connectivity index is 1.81. The Morgan fingerprint density at radius 1 is 1.31 bits per heavy atom. The van der Waals surface area contributed by atoms with E-state index >= 15 is 0 Å². The van der Waals surface area contributed by atoms with Crippen molar-refractivity contribution in [1.29, 1.82) is 0 Å². The third kappa shape index (κ3) is 1.04. The zero-order chi connectivity index (χ0) is 10.8. The summed E-state index contributed by atoms with van der Waals surface area (Å²) in [5.74, 6) is -0.373. The SMILES string of the molecule is IP1O[C@]2(c3ccccc3)CC23CCCN13. The highest BCUT2D eigenvalue weighted by atomic mass is 127. The van der Waals surface area contributed by atoms with E-state index in [0.717, 1.165) is 0 Å². The van der Waals surface area contributed by atoms with Crippen molar-refractivity contribution in [3.8, 4) is 0 Å². The lowest BCUT2D eigenvalue weighted by atomic mass is 10.0. The molecule has 2 heterocycles. The fourth-order valence-electron chi connectivity index (χ4n) is 3.48. The van der Waals surface area contributed by atoms with Gasteiger partial charge in [0.25, 0.3) is 0 Å². The molecular formula is C12H13INOP. The second-order valence-electron chi connectivity index (χ2n) is 4.95. The molecule has 1 aromatic rings. The summed E-state index contributed by atoms with van der Waals surface area (Å²) in [6.07, 6.45) is 3.88. The summed E-state index contributed by atoms with van der Waals surface area (Å²) in [6, 6.07) is 10.8. The van der Waals surface area contributed by atoms with Crippen LogP contribution in [0.1, 0.15) is 24.8 Å². The second-order valence-corrected chi connectivity index (χ2v) is 8.54. The Bertz CT molecular complexity index is 442. The van der Waals surface area contributed by atoms with Gasteiger partial charge in [0.15, 0.2) is 5.94 Å². The number of rotatable bonds is 1. The second kappa shape index (κ2) is 3.19. The van der Waals surface area contributed by atoms with Crippen molar-refractivity contribution >= 4 is 28.0 Å². The number of hydrogen-bond donors (Lipinski definition) is 0. The summed E-state index contributed by atoms with van der Waals surface area (Å²) >= 11 is 2.49. The molecule has 0 N–H and O–H groups in total. The zero-order valence-corrected chi connectivity index (χ0v) is 11.9. The number of halogens is 1. The molecule has 2 aliphatic heterocycles. The van der Waals surface area contributed by atoms with Crippen LogP contribution in [0.5, 0.6) is 0 Å². The Kier molecular flexibility index (Phi) is 2.04. The third-order valence-corrected chi connectivity index (χ3v) is 7.86. The van der Waals surface area contributed by atoms with E-state index in [0.29, 0.717) is 5.54 Å². The zero-order valence-electron chi connectivity index (χ0n) is 8.90. The lowest BCUT2D eigenvalue weighted by Gasteiger charge is -2.19. The van der Waals surface area contributed by atoms with Gasteiger partial charge in [-0.3, -0.25) is 0 Å². The summed E-state index contributed by atoms with van der Waals surface area (Å²) in [5, 5.41) is 0. The van der Waals surface area contributed by atoms with Gasteiger partial charge in [-0.05, 0) is 40.4 Å². The van der Waals surface area contributed by atoms with Crippen LogP contribution in [-0.2, 0) is 10.1 Å². The fraction of sp³-hybridized carbons (Fsp3) is 0.500. The van der Waals surface area contributed by atoms with E-state index in [4.69, 9.17) is 4.52 Å². The van der Waals surface area contributed by atoms with Gasteiger partial charge in [0.1, 0.15) is 5.60 Å². The summed E-state index contributed by atoms with van der Waals surface area (Å²) in [4.78, 5) is 0. The van der Waals surface area contributed by atoms with Crippen LogP contribution >= 0.6 is 28.0 Å². The van der Waals surface area contributed by atoms with Gasteiger partial charge in [0.2, 0.25) is 0 Å². The Labute approximate surface area is 110 Å². The van der Waals surface area contributed by atoms with Crippen LogP contribution in [0.3, 0.4) is 0 Å². The third-order valence-electron chi connectivity index (χ3n) is 4.28. The predicted molar refractivity (Wildman–Crippen MR) is 73.4 cm³/mol. The molecule has 16 heavy (non-hydrogen) atoms. The van der Waals surface area contributed by atoms with Gasteiger partial charge in [-0.25, -0.2) is 4.67 Å². The van der Waals surface area contributed by atoms with E-state index in [-0.39, 0.29) is 11.5 Å². The molecule has 2 saturated heterocycles. The van der Waals surface area contributed by atoms with E-state index in [1.165, 1.54) is 31.4 Å². The molecule has 1 aliphatic carbocycles. The van der Waals surface area contributed by atoms with Crippen molar-refractivity contribution < 1.29 is 4.52 Å². The average molecular weight is 345 g/mol. The van der Waals surface area contributed by atoms with Gasteiger partial charge in [-0.1, -0.05) is 30.3 Å². The average Bonchev–Trinajstić information content (AvgIpc) is 2.66. The summed E-state index contributed by atoms with van der Waals surface area (Å²) in [6.45, 7) is 1.24. The monoisotopic (exact) mass is 345 g/mol. The van der Waals surface area contributed by atoms with E-state index < -0.39 is 0 Å². The van der Waals surface area contributed by atoms with Crippen LogP contribution in [0.4, 0.5) is 0 Å². The fourth-order valence-corrected chi connectivity index (χ4v) is 8.00. The van der Waals surface area contributed by atoms with Crippen LogP contribution in [0.15, 0.2) is 30.3 Å². The van der Waals surface area contributed by atoms with Crippen molar-refractivity contribution in [3.05, 3.63) is 35.9 Å². The van der Waals surface area contributed by atoms with Gasteiger partial charge < -0.3 is 4.52 Å². The Hall–Kier alpha value is 0.300. The minimum absolute atomic E-state index is 0.0532. The molecule has 84 valence electrons. The molecule has 4 rings (SSSR count). The molecule has 3 fully saturated rings. The van der Waals surface area contributed by atoms with Crippen LogP contribution in [0, 0.1) is 0 Å². The maximum atomic E-state index is 6.34. The molecule has 3 aliphatic rings. The lowest BCUT2D eigenvalue weighted by molar-refractivity contribution is 0.197. The van der Waals surface area contributed by atoms with Gasteiger partial charge in [-0.2, -0.15) is 0 Å². The predicted octanol–water partition coefficient (Wildman–Crippen LogP) is 3.81. The van der Waals surface area contributed by atoms with Gasteiger partial charge in [-0.15, -0.1) is 0 Å². The van der Waals surface area contributed by atoms with Crippen LogP contribution in [-0.4, -0.2) is 16.8 Å². The first-order valence-electron chi connectivity index (χ1n) is 5.77. The molecule has 4 heteroatoms. The Morgan fingerprint density at radius 2 is 2.12 bits per heavy atom. The first-order chi connectivity index (χ1) is 7.79. The standard InChI is InChI=1S/C12H13INOP/c13-16-14-8-4-7-11(14)9-12(11,15-16)10-5-2-1-3-6-10/h1-3,5-6H,4,7-9H2/t11?,12-,16?/m0/s1. The molecule has 0 aromatic heterocycles. The van der Waals surface area contributed by atoms with Crippen molar-refractivity contribution in [2.24, 2.45) is 0 Å². The maximum Gasteiger partial charge on any atom is 0.174 e. The molecule has 2 unspecified atom stereocenters. The highest BCUT2D eigenvalue weighted by Gasteiger charge is 2.79. The van der Waals surface area contributed by atoms with Crippen LogP contribution in [0.2, 0.25) is 0 Å². The Morgan fingerprint density at radius 3 is 2.94 bits per heavy atom. The van der Waals surface area contributed by atoms with E-state index in [9.17, 15) is 0 Å². The topological polar surface area (TPSA) is 12.5 Å². The number of benzene rings is 1. The quantitative estimate of drug-likeness (QED) is 0.567. The van der Waals surface area contributed by atoms with E-state index in [1.54, 1.807) is 0 Å².